The first-order valence-electron chi connectivity index (χ1n) is 12.6. The zero-order valence-electron chi connectivity index (χ0n) is 20.5. The molecule has 7 heteroatoms. The lowest BCUT2D eigenvalue weighted by molar-refractivity contribution is -0.199. The quantitative estimate of drug-likeness (QED) is 0.631. The van der Waals surface area contributed by atoms with Gasteiger partial charge in [-0.1, -0.05) is 63.2 Å². The normalized spacial score (nSPS) is 34.8. The maximum atomic E-state index is 13.1. The van der Waals surface area contributed by atoms with Crippen molar-refractivity contribution >= 4 is 18.7 Å². The Morgan fingerprint density at radius 3 is 2.67 bits per heavy atom. The minimum absolute atomic E-state index is 0.106. The molecule has 33 heavy (non-hydrogen) atoms. The number of carbonyl (C=O) groups is 1. The average molecular weight is 452 g/mol. The van der Waals surface area contributed by atoms with Gasteiger partial charge < -0.3 is 19.5 Å². The Morgan fingerprint density at radius 1 is 1.21 bits per heavy atom. The molecule has 2 heterocycles. The number of nitrogens with one attached hydrogen (secondary N) is 1. The largest absolute Gasteiger partial charge is 0.481 e. The van der Waals surface area contributed by atoms with Crippen molar-refractivity contribution in [3.05, 3.63) is 35.9 Å². The third-order valence-electron chi connectivity index (χ3n) is 8.62. The summed E-state index contributed by atoms with van der Waals surface area (Å²) in [5.74, 6) is 1.26. The minimum atomic E-state index is -0.593. The summed E-state index contributed by atoms with van der Waals surface area (Å²) in [5.41, 5.74) is 2.09. The average Bonchev–Trinajstić information content (AvgIpc) is 3.37. The number of amides is 1. The molecule has 5 aliphatic rings. The first kappa shape index (κ1) is 22.9. The second-order valence-corrected chi connectivity index (χ2v) is 11.7. The summed E-state index contributed by atoms with van der Waals surface area (Å²) in [6, 6.07) is 10.1. The monoisotopic (exact) mass is 452 g/mol. The van der Waals surface area contributed by atoms with E-state index in [4.69, 9.17) is 14.1 Å². The number of rotatable bonds is 7. The smallest absolute Gasteiger partial charge is 0.404 e. The van der Waals surface area contributed by atoms with E-state index in [-0.39, 0.29) is 23.6 Å². The molecule has 2 aliphatic heterocycles. The zero-order valence-corrected chi connectivity index (χ0v) is 20.5. The second-order valence-electron chi connectivity index (χ2n) is 11.7. The van der Waals surface area contributed by atoms with E-state index in [1.165, 1.54) is 12.0 Å². The van der Waals surface area contributed by atoms with Gasteiger partial charge in [-0.05, 0) is 54.9 Å². The molecule has 0 aromatic heterocycles. The van der Waals surface area contributed by atoms with Crippen LogP contribution >= 0.6 is 0 Å². The number of nitrogens with zero attached hydrogens (tertiary/aromatic N) is 1. The van der Waals surface area contributed by atoms with Crippen molar-refractivity contribution in [2.45, 2.75) is 90.5 Å². The standard InChI is InChI=1S/C26H37BN2O4/c1-16(2)11-23(27-31-22-14-18-13-21(25(18,3)4)26(22,5)33-27)28-24(30)20-15-19(29-32-20)12-17-9-7-6-8-10-17/h6-10,16,18,20-23H,11-15H2,1-5H3,(H,28,30)/t18-,20?,21-,22+,23-,26-/m0/s1. The summed E-state index contributed by atoms with van der Waals surface area (Å²) in [6.45, 7) is 11.3. The summed E-state index contributed by atoms with van der Waals surface area (Å²) in [5, 5.41) is 7.40. The van der Waals surface area contributed by atoms with Gasteiger partial charge in [0.1, 0.15) is 0 Å². The summed E-state index contributed by atoms with van der Waals surface area (Å²) in [6.07, 6.45) is 3.78. The molecule has 6 atom stereocenters. The molecule has 0 radical (unpaired) electrons. The molecule has 1 N–H and O–H groups in total. The highest BCUT2D eigenvalue weighted by atomic mass is 16.7. The van der Waals surface area contributed by atoms with Crippen molar-refractivity contribution in [1.82, 2.24) is 5.32 Å². The van der Waals surface area contributed by atoms with Gasteiger partial charge >= 0.3 is 7.12 Å². The molecule has 1 saturated heterocycles. The molecule has 1 unspecified atom stereocenters. The van der Waals surface area contributed by atoms with Crippen molar-refractivity contribution in [3.8, 4) is 0 Å². The van der Waals surface area contributed by atoms with E-state index in [1.807, 2.05) is 18.2 Å². The highest BCUT2D eigenvalue weighted by Gasteiger charge is 2.68. The van der Waals surface area contributed by atoms with Gasteiger partial charge in [-0.15, -0.1) is 0 Å². The lowest BCUT2D eigenvalue weighted by Crippen LogP contribution is -2.65. The predicted molar refractivity (Wildman–Crippen MR) is 129 cm³/mol. The van der Waals surface area contributed by atoms with E-state index in [9.17, 15) is 4.79 Å². The number of hydrogen-bond acceptors (Lipinski definition) is 5. The molecular formula is C26H37BN2O4. The fraction of sp³-hybridized carbons (Fsp3) is 0.692. The van der Waals surface area contributed by atoms with Crippen molar-refractivity contribution in [2.24, 2.45) is 28.3 Å². The van der Waals surface area contributed by atoms with E-state index in [1.54, 1.807) is 0 Å². The number of hydrogen-bond donors (Lipinski definition) is 1. The van der Waals surface area contributed by atoms with Gasteiger partial charge in [0.05, 0.1) is 23.4 Å². The summed E-state index contributed by atoms with van der Waals surface area (Å²) in [4.78, 5) is 18.7. The summed E-state index contributed by atoms with van der Waals surface area (Å²) in [7, 11) is -0.424. The maximum absolute atomic E-state index is 13.1. The van der Waals surface area contributed by atoms with Crippen molar-refractivity contribution in [1.29, 1.82) is 0 Å². The molecule has 1 amide bonds. The minimum Gasteiger partial charge on any atom is -0.404 e. The SMILES string of the molecule is CC(C)C[C@H](NC(=O)C1CC(Cc2ccccc2)=NO1)B1O[C@@H]2C[C@@H]3C[C@@H](C3(C)C)[C@]2(C)O1. The van der Waals surface area contributed by atoms with Gasteiger partial charge in [0.25, 0.3) is 5.91 Å². The fourth-order valence-corrected chi connectivity index (χ4v) is 6.60. The van der Waals surface area contributed by atoms with Crippen LogP contribution in [0.15, 0.2) is 35.5 Å². The van der Waals surface area contributed by atoms with Gasteiger partial charge in [0, 0.05) is 12.8 Å². The zero-order chi connectivity index (χ0) is 23.4. The third kappa shape index (κ3) is 4.12. The predicted octanol–water partition coefficient (Wildman–Crippen LogP) is 4.17. The molecular weight excluding hydrogens is 415 g/mol. The van der Waals surface area contributed by atoms with E-state index in [0.29, 0.717) is 36.0 Å². The van der Waals surface area contributed by atoms with Crippen LogP contribution in [0.5, 0.6) is 0 Å². The molecule has 2 bridgehead atoms. The summed E-state index contributed by atoms with van der Waals surface area (Å²) >= 11 is 0. The lowest BCUT2D eigenvalue weighted by Gasteiger charge is -2.64. The number of carbonyl (C=O) groups excluding carboxylic acids is 1. The highest BCUT2D eigenvalue weighted by Crippen LogP contribution is 2.65. The van der Waals surface area contributed by atoms with Crippen LogP contribution in [-0.2, 0) is 25.4 Å². The molecule has 178 valence electrons. The van der Waals surface area contributed by atoms with E-state index < -0.39 is 13.2 Å². The molecule has 3 saturated carbocycles. The van der Waals surface area contributed by atoms with Crippen LogP contribution in [-0.4, -0.2) is 42.5 Å². The maximum Gasteiger partial charge on any atom is 0.481 e. The molecule has 4 fully saturated rings. The van der Waals surface area contributed by atoms with Crippen molar-refractivity contribution < 1.29 is 18.9 Å². The van der Waals surface area contributed by atoms with Crippen LogP contribution in [0.3, 0.4) is 0 Å². The van der Waals surface area contributed by atoms with E-state index in [2.05, 4.69) is 57.2 Å². The molecule has 1 aromatic rings. The number of benzene rings is 1. The van der Waals surface area contributed by atoms with Crippen LogP contribution in [0.1, 0.15) is 65.9 Å². The highest BCUT2D eigenvalue weighted by molar-refractivity contribution is 6.47. The molecule has 0 spiro atoms. The third-order valence-corrected chi connectivity index (χ3v) is 8.62. The van der Waals surface area contributed by atoms with Gasteiger partial charge in [-0.2, -0.15) is 0 Å². The molecule has 1 aromatic carbocycles. The Labute approximate surface area is 198 Å². The first-order valence-corrected chi connectivity index (χ1v) is 12.6. The summed E-state index contributed by atoms with van der Waals surface area (Å²) < 4.78 is 13.1. The van der Waals surface area contributed by atoms with Gasteiger partial charge in [0.15, 0.2) is 0 Å². The Hall–Kier alpha value is -1.86. The Balaban J connectivity index is 1.22. The number of oxime groups is 1. The van der Waals surface area contributed by atoms with Gasteiger partial charge in [-0.3, -0.25) is 4.79 Å². The Bertz CT molecular complexity index is 920. The Morgan fingerprint density at radius 2 is 1.97 bits per heavy atom. The Kier molecular flexibility index (Phi) is 5.85. The molecule has 6 rings (SSSR count). The molecule has 6 nitrogen and oxygen atoms in total. The van der Waals surface area contributed by atoms with E-state index >= 15 is 0 Å². The fourth-order valence-electron chi connectivity index (χ4n) is 6.60. The van der Waals surface area contributed by atoms with Crippen molar-refractivity contribution in [2.75, 3.05) is 0 Å². The van der Waals surface area contributed by atoms with Crippen LogP contribution in [0.4, 0.5) is 0 Å². The lowest BCUT2D eigenvalue weighted by atomic mass is 9.43. The van der Waals surface area contributed by atoms with Crippen LogP contribution in [0.2, 0.25) is 0 Å². The first-order chi connectivity index (χ1) is 15.7. The van der Waals surface area contributed by atoms with Crippen LogP contribution < -0.4 is 5.32 Å². The van der Waals surface area contributed by atoms with Crippen molar-refractivity contribution in [3.63, 3.8) is 0 Å². The molecule has 3 aliphatic carbocycles. The van der Waals surface area contributed by atoms with E-state index in [0.717, 1.165) is 18.6 Å². The topological polar surface area (TPSA) is 69.2 Å². The van der Waals surface area contributed by atoms with Crippen LogP contribution in [0.25, 0.3) is 0 Å². The second kappa shape index (κ2) is 8.42. The van der Waals surface area contributed by atoms with Gasteiger partial charge in [-0.25, -0.2) is 0 Å². The van der Waals surface area contributed by atoms with Crippen LogP contribution in [0, 0.1) is 23.2 Å². The van der Waals surface area contributed by atoms with Gasteiger partial charge in [0.2, 0.25) is 6.10 Å².